The molecule has 1 aromatic rings. The highest BCUT2D eigenvalue weighted by Gasteiger charge is 2.08. The van der Waals surface area contributed by atoms with Crippen molar-refractivity contribution in [3.05, 3.63) is 30.1 Å². The number of aliphatic hydroxyl groups is 1. The number of aliphatic hydroxyl groups excluding tert-OH is 1. The van der Waals surface area contributed by atoms with Gasteiger partial charge in [-0.2, -0.15) is 9.78 Å². The number of nitrogens with zero attached hydrogens (tertiary/aromatic N) is 2. The summed E-state index contributed by atoms with van der Waals surface area (Å²) in [7, 11) is 0. The number of ether oxygens (including phenoxy) is 1. The minimum absolute atomic E-state index is 0.208. The highest BCUT2D eigenvalue weighted by atomic mass is 16.6. The van der Waals surface area contributed by atoms with E-state index in [2.05, 4.69) is 17.0 Å². The number of aryl methyl sites for hydroxylation is 1. The van der Waals surface area contributed by atoms with Gasteiger partial charge in [0, 0.05) is 18.4 Å². The average Bonchev–Trinajstić information content (AvgIpc) is 2.70. The minimum Gasteiger partial charge on any atom is -0.364 e. The van der Waals surface area contributed by atoms with Crippen LogP contribution in [-0.4, -0.2) is 40.4 Å². The van der Waals surface area contributed by atoms with Crippen molar-refractivity contribution in [2.75, 3.05) is 13.2 Å². The van der Waals surface area contributed by atoms with Crippen LogP contribution in [-0.2, 0) is 4.74 Å². The molecule has 0 fully saturated rings. The second kappa shape index (κ2) is 6.17. The Bertz CT molecular complexity index is 400. The highest BCUT2D eigenvalue weighted by Crippen LogP contribution is 1.98. The topological polar surface area (TPSA) is 76.4 Å². The van der Waals surface area contributed by atoms with Gasteiger partial charge in [-0.15, -0.1) is 0 Å². The maximum Gasteiger partial charge on any atom is 0.342 e. The second-order valence-electron chi connectivity index (χ2n) is 3.69. The molecule has 0 aliphatic carbocycles. The molecule has 0 bridgehead atoms. The third kappa shape index (κ3) is 4.01. The fourth-order valence-electron chi connectivity index (χ4n) is 1.13. The molecule has 2 N–H and O–H groups in total. The quantitative estimate of drug-likeness (QED) is 0.449. The Morgan fingerprint density at radius 1 is 1.76 bits per heavy atom. The molecule has 94 valence electrons. The first-order valence-corrected chi connectivity index (χ1v) is 5.26. The van der Waals surface area contributed by atoms with Gasteiger partial charge in [-0.1, -0.05) is 6.58 Å². The van der Waals surface area contributed by atoms with Crippen LogP contribution >= 0.6 is 0 Å². The van der Waals surface area contributed by atoms with Crippen molar-refractivity contribution in [3.8, 4) is 0 Å². The predicted octanol–water partition coefficient (Wildman–Crippen LogP) is 0.660. The van der Waals surface area contributed by atoms with Crippen LogP contribution in [0.4, 0.5) is 4.79 Å². The molecule has 0 unspecified atom stereocenters. The molecule has 0 saturated carbocycles. The molecule has 1 aromatic heterocycles. The van der Waals surface area contributed by atoms with E-state index in [0.29, 0.717) is 12.1 Å². The van der Waals surface area contributed by atoms with Gasteiger partial charge in [0.15, 0.2) is 6.29 Å². The summed E-state index contributed by atoms with van der Waals surface area (Å²) >= 11 is 0. The van der Waals surface area contributed by atoms with E-state index < -0.39 is 6.29 Å². The summed E-state index contributed by atoms with van der Waals surface area (Å²) < 4.78 is 6.27. The molecular formula is C11H17N3O3. The van der Waals surface area contributed by atoms with E-state index in [0.717, 1.165) is 5.69 Å². The van der Waals surface area contributed by atoms with Crippen LogP contribution in [0.15, 0.2) is 24.4 Å². The van der Waals surface area contributed by atoms with E-state index in [1.54, 1.807) is 26.1 Å². The van der Waals surface area contributed by atoms with Crippen molar-refractivity contribution < 1.29 is 14.6 Å². The number of amides is 1. The molecule has 0 saturated heterocycles. The van der Waals surface area contributed by atoms with Crippen molar-refractivity contribution in [1.82, 2.24) is 15.1 Å². The van der Waals surface area contributed by atoms with Crippen LogP contribution in [0.25, 0.3) is 0 Å². The first-order valence-electron chi connectivity index (χ1n) is 5.26. The van der Waals surface area contributed by atoms with Crippen LogP contribution in [0, 0.1) is 6.92 Å². The molecule has 0 aromatic carbocycles. The highest BCUT2D eigenvalue weighted by molar-refractivity contribution is 5.76. The Morgan fingerprint density at radius 2 is 2.47 bits per heavy atom. The van der Waals surface area contributed by atoms with Crippen LogP contribution in [0.1, 0.15) is 12.6 Å². The summed E-state index contributed by atoms with van der Waals surface area (Å²) in [5.41, 5.74) is 1.28. The van der Waals surface area contributed by atoms with Gasteiger partial charge in [0.25, 0.3) is 0 Å². The predicted molar refractivity (Wildman–Crippen MR) is 62.5 cm³/mol. The zero-order valence-electron chi connectivity index (χ0n) is 10.0. The average molecular weight is 239 g/mol. The molecule has 0 spiro atoms. The van der Waals surface area contributed by atoms with Gasteiger partial charge in [0.05, 0.1) is 6.61 Å². The van der Waals surface area contributed by atoms with Gasteiger partial charge < -0.3 is 15.2 Å². The lowest BCUT2D eigenvalue weighted by atomic mass is 10.3. The van der Waals surface area contributed by atoms with E-state index in [1.165, 1.54) is 4.68 Å². The van der Waals surface area contributed by atoms with Crippen molar-refractivity contribution in [3.63, 3.8) is 0 Å². The monoisotopic (exact) mass is 239 g/mol. The van der Waals surface area contributed by atoms with Gasteiger partial charge >= 0.3 is 6.03 Å². The molecule has 0 aliphatic heterocycles. The summed E-state index contributed by atoms with van der Waals surface area (Å²) in [4.78, 5) is 11.6. The summed E-state index contributed by atoms with van der Waals surface area (Å²) in [6.07, 6.45) is 0.564. The summed E-state index contributed by atoms with van der Waals surface area (Å²) in [6.45, 7) is 7.50. The van der Waals surface area contributed by atoms with Crippen molar-refractivity contribution in [2.24, 2.45) is 0 Å². The smallest absolute Gasteiger partial charge is 0.342 e. The number of hydrogen-bond acceptors (Lipinski definition) is 4. The van der Waals surface area contributed by atoms with Gasteiger partial charge in [0.1, 0.15) is 0 Å². The molecule has 6 heteroatoms. The molecule has 6 nitrogen and oxygen atoms in total. The maximum atomic E-state index is 11.6. The van der Waals surface area contributed by atoms with Crippen LogP contribution in [0.3, 0.4) is 0 Å². The summed E-state index contributed by atoms with van der Waals surface area (Å²) in [5.74, 6) is 0. The SMILES string of the molecule is C=C(C)[C@@H](O)OCCNC(=O)n1nccc1C. The Labute approximate surface area is 99.9 Å². The van der Waals surface area contributed by atoms with Crippen LogP contribution in [0.5, 0.6) is 0 Å². The number of hydrogen-bond donors (Lipinski definition) is 2. The number of nitrogens with one attached hydrogen (secondary N) is 1. The van der Waals surface area contributed by atoms with Crippen LogP contribution < -0.4 is 5.32 Å². The molecule has 0 aliphatic rings. The largest absolute Gasteiger partial charge is 0.364 e. The first kappa shape index (κ1) is 13.4. The van der Waals surface area contributed by atoms with Crippen molar-refractivity contribution >= 4 is 6.03 Å². The maximum absolute atomic E-state index is 11.6. The van der Waals surface area contributed by atoms with Gasteiger partial charge in [-0.05, 0) is 25.5 Å². The lowest BCUT2D eigenvalue weighted by molar-refractivity contribution is -0.0697. The Morgan fingerprint density at radius 3 is 3.00 bits per heavy atom. The van der Waals surface area contributed by atoms with Gasteiger partial charge in [-0.3, -0.25) is 0 Å². The van der Waals surface area contributed by atoms with Crippen molar-refractivity contribution in [1.29, 1.82) is 0 Å². The molecule has 1 heterocycles. The Hall–Kier alpha value is -1.66. The lowest BCUT2D eigenvalue weighted by Gasteiger charge is -2.12. The molecule has 1 rings (SSSR count). The molecular weight excluding hydrogens is 222 g/mol. The zero-order chi connectivity index (χ0) is 12.8. The van der Waals surface area contributed by atoms with E-state index in [-0.39, 0.29) is 12.6 Å². The van der Waals surface area contributed by atoms with E-state index in [9.17, 15) is 9.90 Å². The number of carbonyl (C=O) groups is 1. The minimum atomic E-state index is -0.988. The van der Waals surface area contributed by atoms with Crippen molar-refractivity contribution in [2.45, 2.75) is 20.1 Å². The molecule has 1 atom stereocenters. The number of rotatable bonds is 5. The van der Waals surface area contributed by atoms with E-state index in [1.807, 2.05) is 0 Å². The standard InChI is InChI=1S/C11H17N3O3/c1-8(2)10(15)17-7-6-12-11(16)14-9(3)4-5-13-14/h4-5,10,15H,1,6-7H2,2-3H3,(H,12,16)/t10-/m0/s1. The molecule has 1 amide bonds. The summed E-state index contributed by atoms with van der Waals surface area (Å²) in [6, 6.07) is 1.42. The van der Waals surface area contributed by atoms with E-state index >= 15 is 0 Å². The van der Waals surface area contributed by atoms with Gasteiger partial charge in [-0.25, -0.2) is 4.79 Å². The third-order valence-corrected chi connectivity index (χ3v) is 2.10. The molecule has 17 heavy (non-hydrogen) atoms. The van der Waals surface area contributed by atoms with Crippen LogP contribution in [0.2, 0.25) is 0 Å². The fraction of sp³-hybridized carbons (Fsp3) is 0.455. The number of aromatic nitrogens is 2. The Kier molecular flexibility index (Phi) is 4.86. The Balaban J connectivity index is 2.26. The van der Waals surface area contributed by atoms with E-state index in [4.69, 9.17) is 4.74 Å². The molecule has 0 radical (unpaired) electrons. The normalized spacial score (nSPS) is 12.2. The zero-order valence-corrected chi connectivity index (χ0v) is 10.0. The second-order valence-corrected chi connectivity index (χ2v) is 3.69. The summed E-state index contributed by atoms with van der Waals surface area (Å²) in [5, 5.41) is 15.7. The fourth-order valence-corrected chi connectivity index (χ4v) is 1.13. The van der Waals surface area contributed by atoms with Gasteiger partial charge in [0.2, 0.25) is 0 Å². The third-order valence-electron chi connectivity index (χ3n) is 2.10. The number of carbonyl (C=O) groups excluding carboxylic acids is 1. The first-order chi connectivity index (χ1) is 8.02. The lowest BCUT2D eigenvalue weighted by Crippen LogP contribution is -2.33.